The lowest BCUT2D eigenvalue weighted by Crippen LogP contribution is -2.53. The molecule has 0 aromatic heterocycles. The van der Waals surface area contributed by atoms with Crippen LogP contribution in [-0.2, 0) is 9.59 Å². The molecule has 0 heterocycles. The Morgan fingerprint density at radius 3 is 2.27 bits per heavy atom. The highest BCUT2D eigenvalue weighted by Crippen LogP contribution is 2.60. The van der Waals surface area contributed by atoms with E-state index in [1.54, 1.807) is 0 Å². The lowest BCUT2D eigenvalue weighted by Gasteiger charge is -2.55. The van der Waals surface area contributed by atoms with E-state index in [0.29, 0.717) is 19.4 Å². The van der Waals surface area contributed by atoms with Crippen molar-refractivity contribution in [2.45, 2.75) is 58.3 Å². The summed E-state index contributed by atoms with van der Waals surface area (Å²) in [5.74, 6) is 2.63. The number of amides is 2. The van der Waals surface area contributed by atoms with E-state index in [0.717, 1.165) is 48.3 Å². The Labute approximate surface area is 156 Å². The molecule has 1 aromatic rings. The largest absolute Gasteiger partial charge is 0.356 e. The number of rotatable bonds is 6. The van der Waals surface area contributed by atoms with Gasteiger partial charge in [0.15, 0.2) is 0 Å². The fraction of sp³-hybridized carbons (Fsp3) is 0.636. The predicted octanol–water partition coefficient (Wildman–Crippen LogP) is 4.05. The summed E-state index contributed by atoms with van der Waals surface area (Å²) in [6.07, 6.45) is 8.48. The fourth-order valence-corrected chi connectivity index (χ4v) is 5.95. The van der Waals surface area contributed by atoms with Gasteiger partial charge in [-0.3, -0.25) is 9.59 Å². The fourth-order valence-electron chi connectivity index (χ4n) is 5.95. The first kappa shape index (κ1) is 17.6. The van der Waals surface area contributed by atoms with Gasteiger partial charge in [0.1, 0.15) is 0 Å². The van der Waals surface area contributed by atoms with E-state index in [1.165, 1.54) is 19.3 Å². The topological polar surface area (TPSA) is 58.2 Å². The van der Waals surface area contributed by atoms with Crippen LogP contribution in [0.15, 0.2) is 24.3 Å². The molecule has 0 aliphatic heterocycles. The maximum absolute atomic E-state index is 12.9. The number of nitrogens with one attached hydrogen (secondary N) is 2. The zero-order chi connectivity index (χ0) is 18.1. The van der Waals surface area contributed by atoms with Gasteiger partial charge in [0.25, 0.3) is 0 Å². The standard InChI is InChI=1S/C22H30N2O2/c1-15-5-2-3-6-19(15)24-20(25)7-4-8-23-21(26)22-12-16-9-17(13-22)11-18(10-16)14-22/h2-3,5-6,16-18H,4,7-14H2,1H3,(H,23,26)(H,24,25). The molecule has 0 spiro atoms. The summed E-state index contributed by atoms with van der Waals surface area (Å²) in [4.78, 5) is 25.0. The molecule has 26 heavy (non-hydrogen) atoms. The van der Waals surface area contributed by atoms with Crippen molar-refractivity contribution in [3.63, 3.8) is 0 Å². The van der Waals surface area contributed by atoms with Crippen molar-refractivity contribution in [2.75, 3.05) is 11.9 Å². The second-order valence-corrected chi connectivity index (χ2v) is 8.92. The number of carbonyl (C=O) groups excluding carboxylic acids is 2. The molecule has 4 nitrogen and oxygen atoms in total. The number of benzene rings is 1. The second-order valence-electron chi connectivity index (χ2n) is 8.92. The number of aryl methyl sites for hydroxylation is 1. The molecule has 0 unspecified atom stereocenters. The van der Waals surface area contributed by atoms with E-state index < -0.39 is 0 Å². The molecule has 0 atom stereocenters. The van der Waals surface area contributed by atoms with Gasteiger partial charge >= 0.3 is 0 Å². The highest BCUT2D eigenvalue weighted by molar-refractivity contribution is 5.91. The summed E-state index contributed by atoms with van der Waals surface area (Å²) in [6, 6.07) is 7.79. The monoisotopic (exact) mass is 354 g/mol. The van der Waals surface area contributed by atoms with Crippen LogP contribution in [-0.4, -0.2) is 18.4 Å². The van der Waals surface area contributed by atoms with E-state index in [1.807, 2.05) is 31.2 Å². The van der Waals surface area contributed by atoms with Gasteiger partial charge in [-0.1, -0.05) is 18.2 Å². The van der Waals surface area contributed by atoms with Crippen molar-refractivity contribution < 1.29 is 9.59 Å². The zero-order valence-electron chi connectivity index (χ0n) is 15.7. The van der Waals surface area contributed by atoms with Crippen molar-refractivity contribution in [2.24, 2.45) is 23.2 Å². The number of para-hydroxylation sites is 1. The summed E-state index contributed by atoms with van der Waals surface area (Å²) in [6.45, 7) is 2.59. The van der Waals surface area contributed by atoms with Crippen molar-refractivity contribution in [1.82, 2.24) is 5.32 Å². The Morgan fingerprint density at radius 1 is 1.04 bits per heavy atom. The van der Waals surface area contributed by atoms with Crippen molar-refractivity contribution >= 4 is 17.5 Å². The number of hydrogen-bond acceptors (Lipinski definition) is 2. The summed E-state index contributed by atoms with van der Waals surface area (Å²) in [5, 5.41) is 6.11. The molecule has 4 aliphatic rings. The molecule has 4 saturated carbocycles. The average Bonchev–Trinajstić information content (AvgIpc) is 2.59. The van der Waals surface area contributed by atoms with Gasteiger partial charge < -0.3 is 10.6 Å². The normalized spacial score (nSPS) is 31.7. The van der Waals surface area contributed by atoms with Crippen LogP contribution in [0.4, 0.5) is 5.69 Å². The van der Waals surface area contributed by atoms with E-state index >= 15 is 0 Å². The third kappa shape index (κ3) is 3.51. The van der Waals surface area contributed by atoms with Gasteiger partial charge in [0.2, 0.25) is 11.8 Å². The van der Waals surface area contributed by atoms with Gasteiger partial charge in [0, 0.05) is 24.1 Å². The minimum atomic E-state index is -0.0852. The average molecular weight is 354 g/mol. The van der Waals surface area contributed by atoms with Crippen molar-refractivity contribution in [3.05, 3.63) is 29.8 Å². The Hall–Kier alpha value is -1.84. The van der Waals surface area contributed by atoms with Gasteiger partial charge in [-0.25, -0.2) is 0 Å². The minimum Gasteiger partial charge on any atom is -0.356 e. The molecule has 4 bridgehead atoms. The van der Waals surface area contributed by atoms with Gasteiger partial charge in [0.05, 0.1) is 0 Å². The minimum absolute atomic E-state index is 0.0170. The Morgan fingerprint density at radius 2 is 1.65 bits per heavy atom. The van der Waals surface area contributed by atoms with Gasteiger partial charge in [-0.2, -0.15) is 0 Å². The van der Waals surface area contributed by atoms with Crippen LogP contribution in [0, 0.1) is 30.1 Å². The molecular formula is C22H30N2O2. The number of anilines is 1. The molecule has 4 fully saturated rings. The highest BCUT2D eigenvalue weighted by Gasteiger charge is 2.54. The Kier molecular flexibility index (Phi) is 4.76. The first-order chi connectivity index (χ1) is 12.5. The summed E-state index contributed by atoms with van der Waals surface area (Å²) >= 11 is 0. The lowest BCUT2D eigenvalue weighted by molar-refractivity contribution is -0.146. The maximum atomic E-state index is 12.9. The maximum Gasteiger partial charge on any atom is 0.226 e. The van der Waals surface area contributed by atoms with Crippen LogP contribution >= 0.6 is 0 Å². The van der Waals surface area contributed by atoms with Crippen LogP contribution in [0.25, 0.3) is 0 Å². The molecule has 4 aliphatic carbocycles. The Balaban J connectivity index is 1.22. The smallest absolute Gasteiger partial charge is 0.226 e. The van der Waals surface area contributed by atoms with E-state index in [-0.39, 0.29) is 17.2 Å². The highest BCUT2D eigenvalue weighted by atomic mass is 16.2. The summed E-state index contributed by atoms with van der Waals surface area (Å²) in [7, 11) is 0. The van der Waals surface area contributed by atoms with E-state index in [2.05, 4.69) is 10.6 Å². The molecule has 140 valence electrons. The number of hydrogen-bond donors (Lipinski definition) is 2. The first-order valence-corrected chi connectivity index (χ1v) is 10.2. The SMILES string of the molecule is Cc1ccccc1NC(=O)CCCNC(=O)C12CC3CC(CC(C3)C1)C2. The van der Waals surface area contributed by atoms with Crippen LogP contribution in [0.1, 0.15) is 56.9 Å². The first-order valence-electron chi connectivity index (χ1n) is 10.2. The molecule has 0 radical (unpaired) electrons. The third-order valence-electron chi connectivity index (χ3n) is 6.81. The quantitative estimate of drug-likeness (QED) is 0.757. The molecule has 2 amide bonds. The molecule has 0 saturated heterocycles. The summed E-state index contributed by atoms with van der Waals surface area (Å²) < 4.78 is 0. The van der Waals surface area contributed by atoms with Gasteiger partial charge in [-0.05, 0) is 81.3 Å². The zero-order valence-corrected chi connectivity index (χ0v) is 15.7. The molecule has 1 aromatic carbocycles. The molecule has 2 N–H and O–H groups in total. The van der Waals surface area contributed by atoms with Crippen LogP contribution in [0.2, 0.25) is 0 Å². The van der Waals surface area contributed by atoms with Crippen molar-refractivity contribution in [1.29, 1.82) is 0 Å². The molecule has 4 heteroatoms. The Bertz CT molecular complexity index is 662. The van der Waals surface area contributed by atoms with Crippen LogP contribution < -0.4 is 10.6 Å². The van der Waals surface area contributed by atoms with Crippen LogP contribution in [0.3, 0.4) is 0 Å². The van der Waals surface area contributed by atoms with E-state index in [4.69, 9.17) is 0 Å². The van der Waals surface area contributed by atoms with Crippen molar-refractivity contribution in [3.8, 4) is 0 Å². The van der Waals surface area contributed by atoms with Crippen LogP contribution in [0.5, 0.6) is 0 Å². The van der Waals surface area contributed by atoms with E-state index in [9.17, 15) is 9.59 Å². The lowest BCUT2D eigenvalue weighted by atomic mass is 9.49. The molecular weight excluding hydrogens is 324 g/mol. The van der Waals surface area contributed by atoms with Gasteiger partial charge in [-0.15, -0.1) is 0 Å². The number of carbonyl (C=O) groups is 2. The predicted molar refractivity (Wildman–Crippen MR) is 103 cm³/mol. The molecule has 5 rings (SSSR count). The summed E-state index contributed by atoms with van der Waals surface area (Å²) in [5.41, 5.74) is 1.85. The second kappa shape index (κ2) is 7.05. The third-order valence-corrected chi connectivity index (χ3v) is 6.81.